The molecule has 232 valence electrons. The Morgan fingerprint density at radius 3 is 2.42 bits per heavy atom. The normalized spacial score (nSPS) is 22.8. The molecule has 2 atom stereocenters. The number of fused-ring (bicyclic) bond motifs is 6. The largest absolute Gasteiger partial charge is 0.471 e. The highest BCUT2D eigenvalue weighted by molar-refractivity contribution is 7.92. The van der Waals surface area contributed by atoms with E-state index in [4.69, 9.17) is 4.74 Å². The molecule has 1 N–H and O–H groups in total. The number of sulfonamides is 1. The minimum Gasteiger partial charge on any atom is -0.471 e. The summed E-state index contributed by atoms with van der Waals surface area (Å²) in [6.45, 7) is 14.9. The molecule has 6 rings (SSSR count). The van der Waals surface area contributed by atoms with E-state index in [1.807, 2.05) is 45.9 Å². The van der Waals surface area contributed by atoms with Gasteiger partial charge in [-0.3, -0.25) is 9.69 Å². The third kappa shape index (κ3) is 6.70. The van der Waals surface area contributed by atoms with Gasteiger partial charge in [0.1, 0.15) is 6.10 Å². The highest BCUT2D eigenvalue weighted by Crippen LogP contribution is 2.40. The molecule has 2 aliphatic heterocycles. The van der Waals surface area contributed by atoms with Crippen molar-refractivity contribution in [3.63, 3.8) is 0 Å². The minimum atomic E-state index is -4.07. The fraction of sp³-hybridized carbons (Fsp3) is 0.485. The lowest BCUT2D eigenvalue weighted by Gasteiger charge is -2.30. The number of aryl methyl sites for hydroxylation is 2. The van der Waals surface area contributed by atoms with E-state index in [0.717, 1.165) is 36.1 Å². The van der Waals surface area contributed by atoms with Crippen LogP contribution in [0.3, 0.4) is 0 Å². The van der Waals surface area contributed by atoms with Gasteiger partial charge in [0.05, 0.1) is 17.1 Å². The van der Waals surface area contributed by atoms with Gasteiger partial charge in [0, 0.05) is 44.3 Å². The van der Waals surface area contributed by atoms with Gasteiger partial charge in [-0.2, -0.15) is 4.98 Å². The molecule has 1 unspecified atom stereocenters. The molecule has 0 spiro atoms. The Bertz CT molecular complexity index is 1590. The van der Waals surface area contributed by atoms with Crippen molar-refractivity contribution >= 4 is 21.9 Å². The van der Waals surface area contributed by atoms with E-state index >= 15 is 0 Å². The first kappa shape index (κ1) is 30.9. The summed E-state index contributed by atoms with van der Waals surface area (Å²) in [5, 5.41) is 0. The Kier molecular flexibility index (Phi) is 8.81. The van der Waals surface area contributed by atoms with E-state index in [9.17, 15) is 13.2 Å². The Morgan fingerprint density at radius 2 is 1.72 bits per heavy atom. The van der Waals surface area contributed by atoms with E-state index in [0.29, 0.717) is 42.3 Å². The zero-order valence-corrected chi connectivity index (χ0v) is 26.9. The third-order valence-electron chi connectivity index (χ3n) is 8.61. The third-order valence-corrected chi connectivity index (χ3v) is 9.94. The van der Waals surface area contributed by atoms with Crippen LogP contribution in [0.5, 0.6) is 5.88 Å². The Labute approximate surface area is 257 Å². The van der Waals surface area contributed by atoms with Crippen molar-refractivity contribution in [2.24, 2.45) is 5.41 Å². The summed E-state index contributed by atoms with van der Waals surface area (Å²) >= 11 is 0. The number of nitrogens with zero attached hydrogens (tertiary/aromatic N) is 4. The summed E-state index contributed by atoms with van der Waals surface area (Å²) in [4.78, 5) is 27.1. The summed E-state index contributed by atoms with van der Waals surface area (Å²) in [5.74, 6) is -0.0131. The molecular weight excluding hydrogens is 562 g/mol. The van der Waals surface area contributed by atoms with Crippen LogP contribution in [0, 0.1) is 19.3 Å². The number of carbonyl (C=O) groups is 1. The van der Waals surface area contributed by atoms with Crippen LogP contribution in [0.4, 0.5) is 5.95 Å². The maximum absolute atomic E-state index is 13.7. The number of benzene rings is 2. The first-order valence-electron chi connectivity index (χ1n) is 15.3. The van der Waals surface area contributed by atoms with Crippen LogP contribution < -0.4 is 9.46 Å². The lowest BCUT2D eigenvalue weighted by atomic mass is 9.91. The number of hydrogen-bond acceptors (Lipinski definition) is 7. The van der Waals surface area contributed by atoms with E-state index < -0.39 is 10.0 Å². The first-order valence-corrected chi connectivity index (χ1v) is 16.7. The van der Waals surface area contributed by atoms with Crippen molar-refractivity contribution in [2.75, 3.05) is 30.9 Å². The summed E-state index contributed by atoms with van der Waals surface area (Å²) in [6, 6.07) is 14.3. The fourth-order valence-corrected chi connectivity index (χ4v) is 7.49. The van der Waals surface area contributed by atoms with E-state index in [1.165, 1.54) is 18.6 Å². The average Bonchev–Trinajstić information content (AvgIpc) is 3.20. The predicted octanol–water partition coefficient (Wildman–Crippen LogP) is 5.93. The highest BCUT2D eigenvalue weighted by atomic mass is 32.2. The number of hydrogen-bond donors (Lipinski definition) is 1. The first-order chi connectivity index (χ1) is 20.5. The van der Waals surface area contributed by atoms with Gasteiger partial charge >= 0.3 is 0 Å². The van der Waals surface area contributed by atoms with Crippen LogP contribution in [0.2, 0.25) is 0 Å². The topological polar surface area (TPSA) is 105 Å². The van der Waals surface area contributed by atoms with Gasteiger partial charge in [0.15, 0.2) is 0 Å². The van der Waals surface area contributed by atoms with Gasteiger partial charge in [-0.05, 0) is 67.9 Å². The van der Waals surface area contributed by atoms with E-state index in [2.05, 4.69) is 33.4 Å². The SMILES string of the molecule is CC.Cc1cccc(C)c1-c1cc2nc(n1)NS(=O)(=O)c1cccc(c1)C(=O)N1CCN(C3CCC(C)(C)C3)C[C@H](C1)O2.[HH]. The molecule has 6 bridgehead atoms. The van der Waals surface area contributed by atoms with Gasteiger partial charge in [0.2, 0.25) is 11.8 Å². The molecule has 43 heavy (non-hydrogen) atoms. The second kappa shape index (κ2) is 12.2. The maximum atomic E-state index is 13.7. The Balaban J connectivity index is 0.00000144. The summed E-state index contributed by atoms with van der Waals surface area (Å²) in [5.41, 5.74) is 4.11. The second-order valence-corrected chi connectivity index (χ2v) is 14.0. The van der Waals surface area contributed by atoms with E-state index in [1.54, 1.807) is 23.1 Å². The molecule has 2 fully saturated rings. The number of amides is 1. The maximum Gasteiger partial charge on any atom is 0.264 e. The molecule has 10 heteroatoms. The summed E-state index contributed by atoms with van der Waals surface area (Å²) < 4.78 is 35.9. The van der Waals surface area contributed by atoms with Crippen molar-refractivity contribution in [3.05, 3.63) is 65.2 Å². The number of ether oxygens (including phenoxy) is 1. The average molecular weight is 608 g/mol. The molecule has 9 nitrogen and oxygen atoms in total. The number of rotatable bonds is 2. The molecule has 3 aliphatic rings. The molecule has 1 amide bonds. The van der Waals surface area contributed by atoms with Gasteiger partial charge in [-0.1, -0.05) is 52.0 Å². The van der Waals surface area contributed by atoms with Crippen molar-refractivity contribution in [3.8, 4) is 17.1 Å². The molecule has 1 saturated heterocycles. The van der Waals surface area contributed by atoms with Gasteiger partial charge in [-0.25, -0.2) is 18.1 Å². The van der Waals surface area contributed by atoms with Crippen molar-refractivity contribution < 1.29 is 19.4 Å². The highest BCUT2D eigenvalue weighted by Gasteiger charge is 2.38. The molecular formula is C33H45N5O4S. The fourth-order valence-electron chi connectivity index (χ4n) is 6.50. The van der Waals surface area contributed by atoms with Gasteiger partial charge in [-0.15, -0.1) is 0 Å². The number of anilines is 1. The van der Waals surface area contributed by atoms with Crippen LogP contribution in [0.1, 0.15) is 69.9 Å². The Morgan fingerprint density at radius 1 is 1.00 bits per heavy atom. The summed E-state index contributed by atoms with van der Waals surface area (Å²) in [6.07, 6.45) is 3.03. The van der Waals surface area contributed by atoms with E-state index in [-0.39, 0.29) is 30.2 Å². The van der Waals surface area contributed by atoms with Crippen LogP contribution in [-0.2, 0) is 10.0 Å². The predicted molar refractivity (Wildman–Crippen MR) is 171 cm³/mol. The number of carbonyl (C=O) groups excluding carboxylic acids is 1. The van der Waals surface area contributed by atoms with Crippen LogP contribution in [0.15, 0.2) is 53.4 Å². The minimum absolute atomic E-state index is 0. The number of aromatic nitrogens is 2. The Hall–Kier alpha value is -3.50. The molecule has 2 aromatic carbocycles. The van der Waals surface area contributed by atoms with Crippen molar-refractivity contribution in [1.82, 2.24) is 19.8 Å². The van der Waals surface area contributed by atoms with Crippen LogP contribution in [0.25, 0.3) is 11.3 Å². The standard InChI is InChI=1S/C31H37N5O4S.C2H6.H2/c1-20-7-5-8-21(2)28(20)26-16-27-33-30(32-26)34-41(38,39)25-10-6-9-22(15-25)29(37)36-14-13-35(18-24(19-36)40-27)23-11-12-31(3,4)17-23;1-2;/h5-10,15-16,23-24H,11-14,17-19H2,1-4H3,(H,32,33,34);1-2H3;1H/t23?,24-;;/m1../s1. The van der Waals surface area contributed by atoms with Crippen LogP contribution >= 0.6 is 0 Å². The second-order valence-electron chi connectivity index (χ2n) is 12.4. The van der Waals surface area contributed by atoms with Crippen molar-refractivity contribution in [2.45, 2.75) is 77.8 Å². The zero-order chi connectivity index (χ0) is 30.9. The number of nitrogens with one attached hydrogen (secondary N) is 1. The lowest BCUT2D eigenvalue weighted by Crippen LogP contribution is -2.42. The zero-order valence-electron chi connectivity index (χ0n) is 26.1. The van der Waals surface area contributed by atoms with Gasteiger partial charge < -0.3 is 9.64 Å². The molecule has 0 radical (unpaired) electrons. The molecule has 3 aromatic rings. The lowest BCUT2D eigenvalue weighted by molar-refractivity contribution is 0.0687. The van der Waals surface area contributed by atoms with Crippen LogP contribution in [-0.4, -0.2) is 72.4 Å². The summed E-state index contributed by atoms with van der Waals surface area (Å²) in [7, 11) is -4.07. The quantitative estimate of drug-likeness (QED) is 0.385. The monoisotopic (exact) mass is 607 g/mol. The molecule has 1 aliphatic carbocycles. The van der Waals surface area contributed by atoms with Gasteiger partial charge in [0.25, 0.3) is 15.9 Å². The molecule has 1 saturated carbocycles. The molecule has 3 heterocycles. The smallest absolute Gasteiger partial charge is 0.264 e. The van der Waals surface area contributed by atoms with Crippen molar-refractivity contribution in [1.29, 1.82) is 0 Å². The molecule has 1 aromatic heterocycles.